The highest BCUT2D eigenvalue weighted by Gasteiger charge is 1.99. The van der Waals surface area contributed by atoms with Crippen LogP contribution in [0, 0.1) is 0 Å². The summed E-state index contributed by atoms with van der Waals surface area (Å²) in [5, 5.41) is 0. The van der Waals surface area contributed by atoms with Crippen molar-refractivity contribution in [2.75, 3.05) is 25.5 Å². The number of aromatic nitrogens is 2. The average molecular weight is 180 g/mol. The summed E-state index contributed by atoms with van der Waals surface area (Å²) in [6, 6.07) is 1.93. The lowest BCUT2D eigenvalue weighted by Gasteiger charge is -2.10. The minimum atomic E-state index is 0.710. The van der Waals surface area contributed by atoms with Gasteiger partial charge in [0.1, 0.15) is 0 Å². The maximum absolute atomic E-state index is 5.42. The van der Waals surface area contributed by atoms with Gasteiger partial charge in [-0.1, -0.05) is 0 Å². The summed E-state index contributed by atoms with van der Waals surface area (Å²) in [7, 11) is 3.87. The van der Waals surface area contributed by atoms with Crippen molar-refractivity contribution in [2.24, 2.45) is 5.73 Å². The van der Waals surface area contributed by atoms with Crippen molar-refractivity contribution in [1.29, 1.82) is 0 Å². The molecule has 0 amide bonds. The van der Waals surface area contributed by atoms with Crippen molar-refractivity contribution < 1.29 is 0 Å². The molecule has 1 rings (SSSR count). The normalized spacial score (nSPS) is 10.1. The summed E-state index contributed by atoms with van der Waals surface area (Å²) in [4.78, 5) is 10.4. The lowest BCUT2D eigenvalue weighted by Crippen LogP contribution is -2.13. The number of hydrogen-bond donors (Lipinski definition) is 1. The van der Waals surface area contributed by atoms with Gasteiger partial charge in [-0.25, -0.2) is 9.97 Å². The molecular formula is C9H16N4. The van der Waals surface area contributed by atoms with E-state index in [4.69, 9.17) is 5.73 Å². The van der Waals surface area contributed by atoms with Gasteiger partial charge in [0.25, 0.3) is 0 Å². The van der Waals surface area contributed by atoms with Crippen LogP contribution in [0.5, 0.6) is 0 Å². The molecule has 0 aliphatic carbocycles. The first-order valence-electron chi connectivity index (χ1n) is 4.43. The van der Waals surface area contributed by atoms with E-state index in [1.807, 2.05) is 25.1 Å². The molecule has 0 atom stereocenters. The predicted octanol–water partition coefficient (Wildman–Crippen LogP) is 0.434. The molecule has 0 spiro atoms. The van der Waals surface area contributed by atoms with Crippen molar-refractivity contribution in [2.45, 2.75) is 12.8 Å². The van der Waals surface area contributed by atoms with Crippen LogP contribution in [0.1, 0.15) is 12.1 Å². The number of aryl methyl sites for hydroxylation is 1. The molecule has 1 heterocycles. The third-order valence-electron chi connectivity index (χ3n) is 1.74. The van der Waals surface area contributed by atoms with Crippen LogP contribution in [0.15, 0.2) is 12.3 Å². The van der Waals surface area contributed by atoms with E-state index in [2.05, 4.69) is 9.97 Å². The van der Waals surface area contributed by atoms with Gasteiger partial charge in [0.2, 0.25) is 5.95 Å². The van der Waals surface area contributed by atoms with E-state index >= 15 is 0 Å². The number of hydrogen-bond acceptors (Lipinski definition) is 4. The quantitative estimate of drug-likeness (QED) is 0.730. The number of nitrogens with two attached hydrogens (primary N) is 1. The summed E-state index contributed by atoms with van der Waals surface area (Å²) in [6.07, 6.45) is 3.69. The first-order chi connectivity index (χ1) is 6.24. The van der Waals surface area contributed by atoms with E-state index in [1.165, 1.54) is 0 Å². The Hall–Kier alpha value is -1.16. The highest BCUT2D eigenvalue weighted by atomic mass is 15.2. The molecular weight excluding hydrogens is 164 g/mol. The smallest absolute Gasteiger partial charge is 0.224 e. The van der Waals surface area contributed by atoms with E-state index in [9.17, 15) is 0 Å². The van der Waals surface area contributed by atoms with Crippen LogP contribution in [-0.4, -0.2) is 30.6 Å². The van der Waals surface area contributed by atoms with Crippen LogP contribution in [0.25, 0.3) is 0 Å². The number of anilines is 1. The Balaban J connectivity index is 2.68. The summed E-state index contributed by atoms with van der Waals surface area (Å²) < 4.78 is 0. The zero-order valence-electron chi connectivity index (χ0n) is 8.20. The zero-order chi connectivity index (χ0) is 9.68. The molecule has 2 N–H and O–H groups in total. The molecule has 0 radical (unpaired) electrons. The maximum atomic E-state index is 5.42. The van der Waals surface area contributed by atoms with Gasteiger partial charge in [-0.2, -0.15) is 0 Å². The monoisotopic (exact) mass is 180 g/mol. The van der Waals surface area contributed by atoms with Crippen LogP contribution < -0.4 is 10.6 Å². The second-order valence-electron chi connectivity index (χ2n) is 3.13. The van der Waals surface area contributed by atoms with Crippen LogP contribution >= 0.6 is 0 Å². The Kier molecular flexibility index (Phi) is 3.64. The van der Waals surface area contributed by atoms with Crippen molar-refractivity contribution >= 4 is 5.95 Å². The Morgan fingerprint density at radius 2 is 2.23 bits per heavy atom. The molecule has 0 saturated heterocycles. The lowest BCUT2D eigenvalue weighted by molar-refractivity contribution is 0.801. The Labute approximate surface area is 78.8 Å². The third-order valence-corrected chi connectivity index (χ3v) is 1.74. The van der Waals surface area contributed by atoms with Crippen LogP contribution in [0.3, 0.4) is 0 Å². The molecule has 1 aromatic rings. The molecule has 72 valence electrons. The van der Waals surface area contributed by atoms with Crippen LogP contribution in [0.2, 0.25) is 0 Å². The fraction of sp³-hybridized carbons (Fsp3) is 0.556. The fourth-order valence-electron chi connectivity index (χ4n) is 1.02. The highest BCUT2D eigenvalue weighted by Crippen LogP contribution is 2.04. The summed E-state index contributed by atoms with van der Waals surface area (Å²) in [5.74, 6) is 0.759. The largest absolute Gasteiger partial charge is 0.347 e. The molecule has 4 nitrogen and oxygen atoms in total. The maximum Gasteiger partial charge on any atom is 0.224 e. The van der Waals surface area contributed by atoms with Crippen LogP contribution in [-0.2, 0) is 6.42 Å². The molecule has 0 aliphatic rings. The van der Waals surface area contributed by atoms with Gasteiger partial charge >= 0.3 is 0 Å². The Morgan fingerprint density at radius 1 is 1.46 bits per heavy atom. The van der Waals surface area contributed by atoms with Gasteiger partial charge in [0.15, 0.2) is 0 Å². The van der Waals surface area contributed by atoms with Crippen molar-refractivity contribution in [1.82, 2.24) is 9.97 Å². The molecule has 0 saturated carbocycles. The van der Waals surface area contributed by atoms with Gasteiger partial charge in [0, 0.05) is 26.0 Å². The SMILES string of the molecule is CN(C)c1nccc(CCCN)n1. The van der Waals surface area contributed by atoms with Crippen molar-refractivity contribution in [3.8, 4) is 0 Å². The minimum Gasteiger partial charge on any atom is -0.347 e. The van der Waals surface area contributed by atoms with E-state index in [1.54, 1.807) is 6.20 Å². The van der Waals surface area contributed by atoms with Crippen molar-refractivity contribution in [3.05, 3.63) is 18.0 Å². The number of nitrogens with zero attached hydrogens (tertiary/aromatic N) is 3. The highest BCUT2D eigenvalue weighted by molar-refractivity contribution is 5.27. The second-order valence-corrected chi connectivity index (χ2v) is 3.13. The molecule has 0 bridgehead atoms. The first-order valence-corrected chi connectivity index (χ1v) is 4.43. The molecule has 0 unspecified atom stereocenters. The van der Waals surface area contributed by atoms with Gasteiger partial charge in [-0.3, -0.25) is 0 Å². The van der Waals surface area contributed by atoms with E-state index in [-0.39, 0.29) is 0 Å². The van der Waals surface area contributed by atoms with Gasteiger partial charge in [-0.15, -0.1) is 0 Å². The van der Waals surface area contributed by atoms with E-state index < -0.39 is 0 Å². The molecule has 13 heavy (non-hydrogen) atoms. The molecule has 0 fully saturated rings. The van der Waals surface area contributed by atoms with Gasteiger partial charge < -0.3 is 10.6 Å². The standard InChI is InChI=1S/C9H16N4/c1-13(2)9-11-7-5-8(12-9)4-3-6-10/h5,7H,3-4,6,10H2,1-2H3. The Bertz CT molecular complexity index is 260. The summed E-state index contributed by atoms with van der Waals surface area (Å²) in [5.41, 5.74) is 6.48. The first kappa shape index (κ1) is 9.92. The van der Waals surface area contributed by atoms with Crippen molar-refractivity contribution in [3.63, 3.8) is 0 Å². The predicted molar refractivity (Wildman–Crippen MR) is 53.7 cm³/mol. The minimum absolute atomic E-state index is 0.710. The zero-order valence-corrected chi connectivity index (χ0v) is 8.20. The molecule has 4 heteroatoms. The fourth-order valence-corrected chi connectivity index (χ4v) is 1.02. The topological polar surface area (TPSA) is 55.0 Å². The van der Waals surface area contributed by atoms with Crippen LogP contribution in [0.4, 0.5) is 5.95 Å². The second kappa shape index (κ2) is 4.77. The number of rotatable bonds is 4. The van der Waals surface area contributed by atoms with Gasteiger partial charge in [0.05, 0.1) is 0 Å². The van der Waals surface area contributed by atoms with Gasteiger partial charge in [-0.05, 0) is 25.5 Å². The summed E-state index contributed by atoms with van der Waals surface area (Å²) in [6.45, 7) is 0.710. The Morgan fingerprint density at radius 3 is 2.85 bits per heavy atom. The molecule has 0 aliphatic heterocycles. The lowest BCUT2D eigenvalue weighted by atomic mass is 10.2. The molecule has 1 aromatic heterocycles. The molecule has 0 aromatic carbocycles. The van der Waals surface area contributed by atoms with E-state index in [0.29, 0.717) is 6.54 Å². The summed E-state index contributed by atoms with van der Waals surface area (Å²) >= 11 is 0. The third kappa shape index (κ3) is 2.99. The van der Waals surface area contributed by atoms with E-state index in [0.717, 1.165) is 24.5 Å². The average Bonchev–Trinajstić information content (AvgIpc) is 2.15.